The van der Waals surface area contributed by atoms with Crippen LogP contribution < -0.4 is 10.2 Å². The molecule has 1 saturated carbocycles. The van der Waals surface area contributed by atoms with E-state index in [1.807, 2.05) is 4.90 Å². The van der Waals surface area contributed by atoms with Gasteiger partial charge in [-0.05, 0) is 66.8 Å². The van der Waals surface area contributed by atoms with Crippen molar-refractivity contribution < 1.29 is 14.0 Å². The molecular formula is C25H29ClFN3O2. The third-order valence-corrected chi connectivity index (χ3v) is 6.93. The number of hydrogen-bond donors (Lipinski definition) is 1. The van der Waals surface area contributed by atoms with Crippen molar-refractivity contribution in [2.45, 2.75) is 38.5 Å². The number of rotatable bonds is 6. The first-order chi connectivity index (χ1) is 15.4. The third-order valence-electron chi connectivity index (χ3n) is 6.68. The number of carbonyl (C=O) groups is 2. The average Bonchev–Trinajstić information content (AvgIpc) is 3.23. The summed E-state index contributed by atoms with van der Waals surface area (Å²) >= 11 is 5.92. The highest BCUT2D eigenvalue weighted by molar-refractivity contribution is 6.30. The summed E-state index contributed by atoms with van der Waals surface area (Å²) in [7, 11) is 0. The third kappa shape index (κ3) is 5.60. The molecule has 1 heterocycles. The fraction of sp³-hybridized carbons (Fsp3) is 0.440. The lowest BCUT2D eigenvalue weighted by Gasteiger charge is -2.38. The summed E-state index contributed by atoms with van der Waals surface area (Å²) in [6, 6.07) is 13.5. The molecule has 5 nitrogen and oxygen atoms in total. The van der Waals surface area contributed by atoms with Crippen molar-refractivity contribution in [2.24, 2.45) is 5.41 Å². The molecule has 1 aliphatic heterocycles. The van der Waals surface area contributed by atoms with Crippen molar-refractivity contribution in [3.8, 4) is 0 Å². The summed E-state index contributed by atoms with van der Waals surface area (Å²) in [5.41, 5.74) is 1.43. The average molecular weight is 458 g/mol. The minimum Gasteiger partial charge on any atom is -0.368 e. The Kier molecular flexibility index (Phi) is 6.99. The molecule has 2 aromatic rings. The Morgan fingerprint density at radius 3 is 2.16 bits per heavy atom. The second-order valence-electron chi connectivity index (χ2n) is 8.96. The molecule has 0 aromatic heterocycles. The lowest BCUT2D eigenvalue weighted by Crippen LogP contribution is -2.49. The molecule has 0 bridgehead atoms. The predicted octanol–water partition coefficient (Wildman–Crippen LogP) is 5.11. The zero-order valence-electron chi connectivity index (χ0n) is 18.2. The highest BCUT2D eigenvalue weighted by Crippen LogP contribution is 2.44. The fourth-order valence-electron chi connectivity index (χ4n) is 4.92. The number of hydrogen-bond acceptors (Lipinski definition) is 3. The van der Waals surface area contributed by atoms with E-state index in [4.69, 9.17) is 11.6 Å². The van der Waals surface area contributed by atoms with E-state index in [1.165, 1.54) is 12.1 Å². The Morgan fingerprint density at radius 2 is 1.53 bits per heavy atom. The van der Waals surface area contributed by atoms with Crippen LogP contribution in [-0.4, -0.2) is 42.9 Å². The molecule has 2 aromatic carbocycles. The van der Waals surface area contributed by atoms with Crippen LogP contribution in [0.1, 0.15) is 38.5 Å². The van der Waals surface area contributed by atoms with E-state index < -0.39 is 0 Å². The fourth-order valence-corrected chi connectivity index (χ4v) is 5.04. The number of nitrogens with zero attached hydrogens (tertiary/aromatic N) is 2. The molecule has 2 fully saturated rings. The van der Waals surface area contributed by atoms with Gasteiger partial charge in [0.1, 0.15) is 5.82 Å². The Hall–Kier alpha value is -2.60. The summed E-state index contributed by atoms with van der Waals surface area (Å²) in [6.07, 6.45) is 4.69. The Balaban J connectivity index is 1.32. The Labute approximate surface area is 193 Å². The zero-order chi connectivity index (χ0) is 22.6. The van der Waals surface area contributed by atoms with Crippen LogP contribution >= 0.6 is 11.6 Å². The number of anilines is 2. The molecule has 2 aliphatic rings. The van der Waals surface area contributed by atoms with Crippen molar-refractivity contribution >= 4 is 34.8 Å². The zero-order valence-corrected chi connectivity index (χ0v) is 18.9. The molecule has 0 atom stereocenters. The van der Waals surface area contributed by atoms with Crippen LogP contribution in [0.2, 0.25) is 5.02 Å². The SMILES string of the molecule is O=C(CC1(CC(=O)N2CCN(c3ccc(F)cc3)CC2)CCCC1)Nc1ccc(Cl)cc1. The minimum atomic E-state index is -0.262. The van der Waals surface area contributed by atoms with Gasteiger partial charge in [-0.15, -0.1) is 0 Å². The molecule has 2 amide bonds. The van der Waals surface area contributed by atoms with Gasteiger partial charge in [0.15, 0.2) is 0 Å². The van der Waals surface area contributed by atoms with Gasteiger partial charge in [0.05, 0.1) is 0 Å². The van der Waals surface area contributed by atoms with Crippen LogP contribution in [-0.2, 0) is 9.59 Å². The molecule has 7 heteroatoms. The molecule has 0 spiro atoms. The lowest BCUT2D eigenvalue weighted by molar-refractivity contribution is -0.134. The van der Waals surface area contributed by atoms with Gasteiger partial charge < -0.3 is 15.1 Å². The molecule has 32 heavy (non-hydrogen) atoms. The van der Waals surface area contributed by atoms with Gasteiger partial charge in [0.2, 0.25) is 11.8 Å². The standard InChI is InChI=1S/C25H29ClFN3O2/c26-19-3-7-21(8-4-19)28-23(31)17-25(11-1-2-12-25)18-24(32)30-15-13-29(14-16-30)22-9-5-20(27)6-10-22/h3-10H,1-2,11-18H2,(H,28,31). The molecule has 1 saturated heterocycles. The molecule has 0 radical (unpaired) electrons. The van der Waals surface area contributed by atoms with Crippen molar-refractivity contribution in [3.05, 3.63) is 59.4 Å². The smallest absolute Gasteiger partial charge is 0.224 e. The van der Waals surface area contributed by atoms with E-state index in [-0.39, 0.29) is 23.0 Å². The Bertz CT molecular complexity index is 935. The number of piperazine rings is 1. The minimum absolute atomic E-state index is 0.0526. The van der Waals surface area contributed by atoms with Crippen LogP contribution in [0.5, 0.6) is 0 Å². The van der Waals surface area contributed by atoms with Gasteiger partial charge >= 0.3 is 0 Å². The van der Waals surface area contributed by atoms with Gasteiger partial charge in [-0.3, -0.25) is 9.59 Å². The number of benzene rings is 2. The van der Waals surface area contributed by atoms with E-state index in [0.29, 0.717) is 31.0 Å². The summed E-state index contributed by atoms with van der Waals surface area (Å²) in [6.45, 7) is 2.73. The van der Waals surface area contributed by atoms with E-state index in [2.05, 4.69) is 10.2 Å². The van der Waals surface area contributed by atoms with E-state index in [0.717, 1.165) is 50.1 Å². The first kappa shape index (κ1) is 22.6. The number of carbonyl (C=O) groups excluding carboxylic acids is 2. The van der Waals surface area contributed by atoms with Crippen molar-refractivity contribution in [3.63, 3.8) is 0 Å². The van der Waals surface area contributed by atoms with Crippen LogP contribution in [0.3, 0.4) is 0 Å². The quantitative estimate of drug-likeness (QED) is 0.656. The molecule has 0 unspecified atom stereocenters. The van der Waals surface area contributed by atoms with E-state index in [9.17, 15) is 14.0 Å². The number of amides is 2. The summed E-state index contributed by atoms with van der Waals surface area (Å²) in [5, 5.41) is 3.57. The largest absolute Gasteiger partial charge is 0.368 e. The normalized spacial score (nSPS) is 17.9. The maximum atomic E-state index is 13.2. The van der Waals surface area contributed by atoms with Crippen molar-refractivity contribution in [1.29, 1.82) is 0 Å². The molecule has 170 valence electrons. The van der Waals surface area contributed by atoms with E-state index in [1.54, 1.807) is 36.4 Å². The van der Waals surface area contributed by atoms with Gasteiger partial charge in [-0.2, -0.15) is 0 Å². The van der Waals surface area contributed by atoms with Gasteiger partial charge in [-0.25, -0.2) is 4.39 Å². The summed E-state index contributed by atoms with van der Waals surface area (Å²) in [4.78, 5) is 30.0. The van der Waals surface area contributed by atoms with Crippen molar-refractivity contribution in [1.82, 2.24) is 4.90 Å². The second kappa shape index (κ2) is 9.90. The van der Waals surface area contributed by atoms with Crippen LogP contribution in [0, 0.1) is 11.2 Å². The monoisotopic (exact) mass is 457 g/mol. The molecular weight excluding hydrogens is 429 g/mol. The lowest BCUT2D eigenvalue weighted by atomic mass is 9.78. The van der Waals surface area contributed by atoms with Gasteiger partial charge in [0, 0.05) is 55.4 Å². The van der Waals surface area contributed by atoms with E-state index >= 15 is 0 Å². The van der Waals surface area contributed by atoms with Gasteiger partial charge in [0.25, 0.3) is 0 Å². The first-order valence-electron chi connectivity index (χ1n) is 11.3. The van der Waals surface area contributed by atoms with Crippen LogP contribution in [0.25, 0.3) is 0 Å². The highest BCUT2D eigenvalue weighted by atomic mass is 35.5. The highest BCUT2D eigenvalue weighted by Gasteiger charge is 2.39. The summed E-state index contributed by atoms with van der Waals surface area (Å²) in [5.74, 6) is -0.169. The maximum Gasteiger partial charge on any atom is 0.224 e. The molecule has 4 rings (SSSR count). The number of halogens is 2. The topological polar surface area (TPSA) is 52.7 Å². The first-order valence-corrected chi connectivity index (χ1v) is 11.6. The van der Waals surface area contributed by atoms with Crippen LogP contribution in [0.4, 0.5) is 15.8 Å². The second-order valence-corrected chi connectivity index (χ2v) is 9.40. The molecule has 1 N–H and O–H groups in total. The van der Waals surface area contributed by atoms with Crippen molar-refractivity contribution in [2.75, 3.05) is 36.4 Å². The number of nitrogens with one attached hydrogen (secondary N) is 1. The molecule has 1 aliphatic carbocycles. The Morgan fingerprint density at radius 1 is 0.906 bits per heavy atom. The summed E-state index contributed by atoms with van der Waals surface area (Å²) < 4.78 is 13.2. The van der Waals surface area contributed by atoms with Gasteiger partial charge in [-0.1, -0.05) is 24.4 Å². The predicted molar refractivity (Wildman–Crippen MR) is 125 cm³/mol. The maximum absolute atomic E-state index is 13.2. The van der Waals surface area contributed by atoms with Crippen LogP contribution in [0.15, 0.2) is 48.5 Å².